The van der Waals surface area contributed by atoms with E-state index in [2.05, 4.69) is 44.9 Å². The quantitative estimate of drug-likeness (QED) is 0.698. The van der Waals surface area contributed by atoms with E-state index >= 15 is 0 Å². The lowest BCUT2D eigenvalue weighted by Crippen LogP contribution is -2.47. The van der Waals surface area contributed by atoms with E-state index in [-0.39, 0.29) is 5.56 Å². The number of H-pyrrole nitrogens is 1. The van der Waals surface area contributed by atoms with Crippen LogP contribution in [0.5, 0.6) is 0 Å². The zero-order chi connectivity index (χ0) is 20.4. The summed E-state index contributed by atoms with van der Waals surface area (Å²) in [6.45, 7) is 8.93. The molecule has 0 saturated carbocycles. The normalized spacial score (nSPS) is 16.9. The van der Waals surface area contributed by atoms with Crippen molar-refractivity contribution in [1.82, 2.24) is 19.8 Å². The number of β-amino-alcohol motifs (C(OH)–C–C–N with tert-alkyl or cyclic N) is 1. The Labute approximate surface area is 170 Å². The Bertz CT molecular complexity index is 1050. The summed E-state index contributed by atoms with van der Waals surface area (Å²) in [5.41, 5.74) is 3.98. The fourth-order valence-electron chi connectivity index (χ4n) is 4.01. The van der Waals surface area contributed by atoms with Gasteiger partial charge in [0.15, 0.2) is 0 Å². The molecule has 6 heteroatoms. The van der Waals surface area contributed by atoms with Crippen LogP contribution >= 0.6 is 0 Å². The van der Waals surface area contributed by atoms with Gasteiger partial charge in [0.1, 0.15) is 5.82 Å². The third kappa shape index (κ3) is 4.56. The van der Waals surface area contributed by atoms with Crippen molar-refractivity contribution in [1.29, 1.82) is 0 Å². The zero-order valence-electron chi connectivity index (χ0n) is 17.1. The van der Waals surface area contributed by atoms with Crippen molar-refractivity contribution in [3.63, 3.8) is 0 Å². The molecule has 1 atom stereocenters. The van der Waals surface area contributed by atoms with Crippen LogP contribution in [0.4, 0.5) is 0 Å². The summed E-state index contributed by atoms with van der Waals surface area (Å²) in [7, 11) is 0. The smallest absolute Gasteiger partial charge is 0.258 e. The number of aliphatic hydroxyl groups excluding tert-OH is 1. The van der Waals surface area contributed by atoms with Gasteiger partial charge in [-0.05, 0) is 37.1 Å². The number of aliphatic hydroxyl groups is 1. The Balaban J connectivity index is 1.35. The van der Waals surface area contributed by atoms with Crippen LogP contribution in [0, 0.1) is 13.8 Å². The number of hydrogen-bond donors (Lipinski definition) is 2. The van der Waals surface area contributed by atoms with Crippen LogP contribution in [0.2, 0.25) is 0 Å². The van der Waals surface area contributed by atoms with E-state index in [1.807, 2.05) is 25.1 Å². The number of rotatable bonds is 5. The lowest BCUT2D eigenvalue weighted by Gasteiger charge is -2.35. The number of fused-ring (bicyclic) bond motifs is 1. The molecule has 6 nitrogen and oxygen atoms in total. The molecule has 1 fully saturated rings. The second kappa shape index (κ2) is 8.45. The van der Waals surface area contributed by atoms with Gasteiger partial charge >= 0.3 is 0 Å². The number of nitrogens with zero attached hydrogens (tertiary/aromatic N) is 3. The highest BCUT2D eigenvalue weighted by Crippen LogP contribution is 2.21. The van der Waals surface area contributed by atoms with E-state index in [0.717, 1.165) is 42.8 Å². The standard InChI is InChI=1S/C23H28N4O2/c1-16-7-8-17(2)19(13-16)21(28)14-26-9-11-27(12-10-26)15-22-24-20-6-4-3-5-18(20)23(29)25-22/h3-8,13,21,28H,9-12,14-15H2,1-2H3,(H,24,25,29)/t21-/m0/s1. The molecule has 0 spiro atoms. The third-order valence-corrected chi connectivity index (χ3v) is 5.73. The average molecular weight is 393 g/mol. The van der Waals surface area contributed by atoms with Crippen molar-refractivity contribution in [3.05, 3.63) is 75.3 Å². The van der Waals surface area contributed by atoms with E-state index in [1.54, 1.807) is 6.07 Å². The van der Waals surface area contributed by atoms with Crippen LogP contribution in [-0.4, -0.2) is 57.6 Å². The van der Waals surface area contributed by atoms with Crippen LogP contribution in [0.25, 0.3) is 10.9 Å². The maximum absolute atomic E-state index is 12.3. The van der Waals surface area contributed by atoms with Gasteiger partial charge in [-0.3, -0.25) is 14.6 Å². The molecule has 4 rings (SSSR count). The van der Waals surface area contributed by atoms with Gasteiger partial charge in [0, 0.05) is 32.7 Å². The molecular weight excluding hydrogens is 364 g/mol. The highest BCUT2D eigenvalue weighted by Gasteiger charge is 2.21. The third-order valence-electron chi connectivity index (χ3n) is 5.73. The van der Waals surface area contributed by atoms with Gasteiger partial charge in [-0.15, -0.1) is 0 Å². The molecule has 0 bridgehead atoms. The highest BCUT2D eigenvalue weighted by atomic mass is 16.3. The fourth-order valence-corrected chi connectivity index (χ4v) is 4.01. The molecule has 1 aromatic heterocycles. The predicted molar refractivity (Wildman–Crippen MR) is 115 cm³/mol. The summed E-state index contributed by atoms with van der Waals surface area (Å²) in [4.78, 5) is 24.4. The van der Waals surface area contributed by atoms with Gasteiger partial charge in [-0.25, -0.2) is 4.98 Å². The Morgan fingerprint density at radius 3 is 2.59 bits per heavy atom. The number of para-hydroxylation sites is 1. The number of benzene rings is 2. The first-order chi connectivity index (χ1) is 14.0. The Morgan fingerprint density at radius 1 is 1.07 bits per heavy atom. The van der Waals surface area contributed by atoms with Crippen molar-refractivity contribution in [2.45, 2.75) is 26.5 Å². The summed E-state index contributed by atoms with van der Waals surface area (Å²) in [5.74, 6) is 0.706. The summed E-state index contributed by atoms with van der Waals surface area (Å²) in [6.07, 6.45) is -0.472. The number of hydrogen-bond acceptors (Lipinski definition) is 5. The van der Waals surface area contributed by atoms with E-state index < -0.39 is 6.10 Å². The van der Waals surface area contributed by atoms with Gasteiger partial charge in [0.25, 0.3) is 5.56 Å². The molecule has 1 aliphatic heterocycles. The number of aromatic nitrogens is 2. The minimum atomic E-state index is -0.472. The van der Waals surface area contributed by atoms with Crippen LogP contribution in [0.3, 0.4) is 0 Å². The maximum Gasteiger partial charge on any atom is 0.258 e. The van der Waals surface area contributed by atoms with Crippen LogP contribution in [-0.2, 0) is 6.54 Å². The monoisotopic (exact) mass is 392 g/mol. The first-order valence-corrected chi connectivity index (χ1v) is 10.2. The molecule has 0 aliphatic carbocycles. The zero-order valence-corrected chi connectivity index (χ0v) is 17.1. The van der Waals surface area contributed by atoms with Crippen LogP contribution in [0.1, 0.15) is 28.6 Å². The molecule has 152 valence electrons. The number of piperazine rings is 1. The predicted octanol–water partition coefficient (Wildman–Crippen LogP) is 2.39. The number of aromatic amines is 1. The first kappa shape index (κ1) is 19.8. The molecule has 2 N–H and O–H groups in total. The topological polar surface area (TPSA) is 72.5 Å². The molecule has 2 aromatic carbocycles. The van der Waals surface area contributed by atoms with E-state index in [9.17, 15) is 9.90 Å². The van der Waals surface area contributed by atoms with Gasteiger partial charge in [0.05, 0.1) is 23.6 Å². The Morgan fingerprint density at radius 2 is 1.79 bits per heavy atom. The minimum Gasteiger partial charge on any atom is -0.387 e. The van der Waals surface area contributed by atoms with E-state index in [0.29, 0.717) is 24.3 Å². The molecular formula is C23H28N4O2. The molecule has 0 radical (unpaired) electrons. The van der Waals surface area contributed by atoms with Gasteiger partial charge in [0.2, 0.25) is 0 Å². The van der Waals surface area contributed by atoms with Crippen LogP contribution < -0.4 is 5.56 Å². The Hall–Kier alpha value is -2.54. The van der Waals surface area contributed by atoms with E-state index in [4.69, 9.17) is 0 Å². The minimum absolute atomic E-state index is 0.0825. The van der Waals surface area contributed by atoms with Crippen molar-refractivity contribution in [2.75, 3.05) is 32.7 Å². The molecule has 2 heterocycles. The highest BCUT2D eigenvalue weighted by molar-refractivity contribution is 5.77. The van der Waals surface area contributed by atoms with Crippen molar-refractivity contribution < 1.29 is 5.11 Å². The first-order valence-electron chi connectivity index (χ1n) is 10.2. The summed E-state index contributed by atoms with van der Waals surface area (Å²) in [6, 6.07) is 13.7. The summed E-state index contributed by atoms with van der Waals surface area (Å²) < 4.78 is 0. The van der Waals surface area contributed by atoms with Gasteiger partial charge < -0.3 is 10.1 Å². The second-order valence-corrected chi connectivity index (χ2v) is 7.98. The second-order valence-electron chi connectivity index (χ2n) is 7.98. The van der Waals surface area contributed by atoms with Gasteiger partial charge in [-0.2, -0.15) is 0 Å². The number of aryl methyl sites for hydroxylation is 2. The van der Waals surface area contributed by atoms with Gasteiger partial charge in [-0.1, -0.05) is 35.9 Å². The lowest BCUT2D eigenvalue weighted by atomic mass is 10.0. The fraction of sp³-hybridized carbons (Fsp3) is 0.391. The molecule has 0 amide bonds. The van der Waals surface area contributed by atoms with Crippen molar-refractivity contribution in [3.8, 4) is 0 Å². The Kier molecular flexibility index (Phi) is 5.76. The summed E-state index contributed by atoms with van der Waals surface area (Å²) >= 11 is 0. The molecule has 1 saturated heterocycles. The van der Waals surface area contributed by atoms with E-state index in [1.165, 1.54) is 5.56 Å². The molecule has 1 aliphatic rings. The molecule has 3 aromatic rings. The lowest BCUT2D eigenvalue weighted by molar-refractivity contribution is 0.0689. The largest absolute Gasteiger partial charge is 0.387 e. The molecule has 29 heavy (non-hydrogen) atoms. The SMILES string of the molecule is Cc1ccc(C)c([C@@H](O)CN2CCN(Cc3nc4ccccc4c(=O)[nH]3)CC2)c1. The van der Waals surface area contributed by atoms with Crippen molar-refractivity contribution in [2.24, 2.45) is 0 Å². The van der Waals surface area contributed by atoms with Crippen molar-refractivity contribution >= 4 is 10.9 Å². The molecule has 0 unspecified atom stereocenters. The summed E-state index contributed by atoms with van der Waals surface area (Å²) in [5, 5.41) is 11.3. The maximum atomic E-state index is 12.3. The average Bonchev–Trinajstić information content (AvgIpc) is 2.71. The number of nitrogens with one attached hydrogen (secondary N) is 1. The van der Waals surface area contributed by atoms with Crippen LogP contribution in [0.15, 0.2) is 47.3 Å².